The number of anilines is 2. The van der Waals surface area contributed by atoms with Gasteiger partial charge in [0, 0.05) is 18.7 Å². The molecule has 1 heterocycles. The number of hydrazine groups is 1. The van der Waals surface area contributed by atoms with Crippen molar-refractivity contribution in [2.45, 2.75) is 20.8 Å². The van der Waals surface area contributed by atoms with Gasteiger partial charge in [-0.15, -0.1) is 0 Å². The lowest BCUT2D eigenvalue weighted by atomic mass is 10.1. The van der Waals surface area contributed by atoms with E-state index in [1.165, 1.54) is 6.33 Å². The summed E-state index contributed by atoms with van der Waals surface area (Å²) >= 11 is 0. The Labute approximate surface area is 145 Å². The van der Waals surface area contributed by atoms with E-state index in [1.54, 1.807) is 30.0 Å². The van der Waals surface area contributed by atoms with Crippen molar-refractivity contribution in [3.8, 4) is 0 Å². The van der Waals surface area contributed by atoms with Crippen molar-refractivity contribution in [3.63, 3.8) is 0 Å². The summed E-state index contributed by atoms with van der Waals surface area (Å²) in [6, 6.07) is 7.04. The maximum absolute atomic E-state index is 12.3. The minimum absolute atomic E-state index is 0.0659. The van der Waals surface area contributed by atoms with Gasteiger partial charge in [-0.3, -0.25) is 25.8 Å². The van der Waals surface area contributed by atoms with E-state index in [2.05, 4.69) is 20.8 Å². The zero-order valence-corrected chi connectivity index (χ0v) is 14.3. The first kappa shape index (κ1) is 18.1. The second kappa shape index (κ2) is 8.04. The molecule has 0 unspecified atom stereocenters. The molecule has 0 aliphatic rings. The third-order valence-corrected chi connectivity index (χ3v) is 3.73. The SMILES string of the molecule is CCN(CC)c1ncnc(NNC(=O)c2ccccc2C)c1[N+](=O)[O-]. The first-order chi connectivity index (χ1) is 12.0. The molecule has 2 N–H and O–H groups in total. The van der Waals surface area contributed by atoms with Crippen molar-refractivity contribution < 1.29 is 9.72 Å². The molecule has 1 aromatic carbocycles. The van der Waals surface area contributed by atoms with Gasteiger partial charge in [0.2, 0.25) is 11.6 Å². The van der Waals surface area contributed by atoms with Crippen LogP contribution in [0.15, 0.2) is 30.6 Å². The van der Waals surface area contributed by atoms with Crippen LogP contribution in [0.5, 0.6) is 0 Å². The largest absolute Gasteiger partial charge is 0.355 e. The number of nitrogens with zero attached hydrogens (tertiary/aromatic N) is 4. The molecule has 0 saturated heterocycles. The minimum atomic E-state index is -0.560. The van der Waals surface area contributed by atoms with Gasteiger partial charge in [0.1, 0.15) is 6.33 Å². The fourth-order valence-electron chi connectivity index (χ4n) is 2.39. The molecule has 0 saturated carbocycles. The molecular weight excluding hydrogens is 324 g/mol. The molecular formula is C16H20N6O3. The van der Waals surface area contributed by atoms with E-state index in [9.17, 15) is 14.9 Å². The molecule has 0 atom stereocenters. The average Bonchev–Trinajstić information content (AvgIpc) is 2.61. The van der Waals surface area contributed by atoms with E-state index in [1.807, 2.05) is 19.9 Å². The van der Waals surface area contributed by atoms with Gasteiger partial charge in [-0.25, -0.2) is 9.97 Å². The Hall–Kier alpha value is -3.23. The van der Waals surface area contributed by atoms with Crippen LogP contribution in [-0.2, 0) is 0 Å². The molecule has 0 aliphatic carbocycles. The average molecular weight is 344 g/mol. The lowest BCUT2D eigenvalue weighted by Crippen LogP contribution is -2.31. The number of amides is 1. The van der Waals surface area contributed by atoms with Crippen LogP contribution < -0.4 is 15.8 Å². The van der Waals surface area contributed by atoms with Crippen LogP contribution >= 0.6 is 0 Å². The van der Waals surface area contributed by atoms with E-state index < -0.39 is 10.8 Å². The standard InChI is InChI=1S/C16H20N6O3/c1-4-21(5-2)15-13(22(24)25)14(17-10-18-15)19-20-16(23)12-9-7-6-8-11(12)3/h6-10H,4-5H2,1-3H3,(H,20,23)(H,17,18,19). The number of benzene rings is 1. The molecule has 0 bridgehead atoms. The first-order valence-corrected chi connectivity index (χ1v) is 7.85. The predicted octanol–water partition coefficient (Wildman–Crippen LogP) is 2.30. The van der Waals surface area contributed by atoms with E-state index in [4.69, 9.17) is 0 Å². The number of aromatic nitrogens is 2. The van der Waals surface area contributed by atoms with Gasteiger partial charge in [0.05, 0.1) is 4.92 Å². The van der Waals surface area contributed by atoms with Crippen LogP contribution in [0.25, 0.3) is 0 Å². The van der Waals surface area contributed by atoms with Crippen LogP contribution in [0.4, 0.5) is 17.3 Å². The first-order valence-electron chi connectivity index (χ1n) is 7.85. The number of carbonyl (C=O) groups excluding carboxylic acids is 1. The highest BCUT2D eigenvalue weighted by atomic mass is 16.6. The molecule has 132 valence electrons. The summed E-state index contributed by atoms with van der Waals surface area (Å²) in [4.78, 5) is 32.8. The summed E-state index contributed by atoms with van der Waals surface area (Å²) in [5.41, 5.74) is 5.98. The van der Waals surface area contributed by atoms with Crippen LogP contribution in [0.2, 0.25) is 0 Å². The summed E-state index contributed by atoms with van der Waals surface area (Å²) in [6.45, 7) is 6.68. The number of rotatable bonds is 7. The van der Waals surface area contributed by atoms with Crippen LogP contribution in [-0.4, -0.2) is 33.9 Å². The van der Waals surface area contributed by atoms with Gasteiger partial charge in [-0.1, -0.05) is 18.2 Å². The Bertz CT molecular complexity index is 776. The number of nitrogens with one attached hydrogen (secondary N) is 2. The zero-order chi connectivity index (χ0) is 18.4. The molecule has 9 heteroatoms. The topological polar surface area (TPSA) is 113 Å². The van der Waals surface area contributed by atoms with E-state index in [0.29, 0.717) is 18.7 Å². The monoisotopic (exact) mass is 344 g/mol. The molecule has 0 aliphatic heterocycles. The highest BCUT2D eigenvalue weighted by Crippen LogP contribution is 2.31. The number of hydrogen-bond acceptors (Lipinski definition) is 7. The van der Waals surface area contributed by atoms with Crippen LogP contribution in [0, 0.1) is 17.0 Å². The van der Waals surface area contributed by atoms with Gasteiger partial charge >= 0.3 is 5.69 Å². The Morgan fingerprint density at radius 1 is 1.24 bits per heavy atom. The lowest BCUT2D eigenvalue weighted by Gasteiger charge is -2.20. The van der Waals surface area contributed by atoms with Crippen molar-refractivity contribution in [1.29, 1.82) is 0 Å². The molecule has 9 nitrogen and oxygen atoms in total. The molecule has 2 aromatic rings. The quantitative estimate of drug-likeness (QED) is 0.585. The van der Waals surface area contributed by atoms with Gasteiger partial charge in [-0.2, -0.15) is 0 Å². The molecule has 1 amide bonds. The molecule has 0 spiro atoms. The summed E-state index contributed by atoms with van der Waals surface area (Å²) in [6.07, 6.45) is 1.23. The van der Waals surface area contributed by atoms with E-state index in [-0.39, 0.29) is 17.3 Å². The third-order valence-electron chi connectivity index (χ3n) is 3.73. The van der Waals surface area contributed by atoms with Crippen molar-refractivity contribution in [1.82, 2.24) is 15.4 Å². The zero-order valence-electron chi connectivity index (χ0n) is 14.3. The number of carbonyl (C=O) groups is 1. The smallest absolute Gasteiger partial charge is 0.351 e. The normalized spacial score (nSPS) is 10.2. The maximum atomic E-state index is 12.3. The fourth-order valence-corrected chi connectivity index (χ4v) is 2.39. The summed E-state index contributed by atoms with van der Waals surface area (Å²) in [5, 5.41) is 11.5. The maximum Gasteiger partial charge on any atom is 0.355 e. The highest BCUT2D eigenvalue weighted by molar-refractivity contribution is 5.96. The van der Waals surface area contributed by atoms with Gasteiger partial charge in [0.25, 0.3) is 5.91 Å². The van der Waals surface area contributed by atoms with Gasteiger partial charge in [-0.05, 0) is 32.4 Å². The summed E-state index contributed by atoms with van der Waals surface area (Å²) in [5.74, 6) is -0.267. The van der Waals surface area contributed by atoms with Crippen LogP contribution in [0.1, 0.15) is 29.8 Å². The molecule has 0 radical (unpaired) electrons. The minimum Gasteiger partial charge on any atom is -0.351 e. The Balaban J connectivity index is 2.28. The third kappa shape index (κ3) is 4.00. The van der Waals surface area contributed by atoms with Crippen molar-refractivity contribution >= 4 is 23.2 Å². The van der Waals surface area contributed by atoms with Gasteiger partial charge in [0.15, 0.2) is 0 Å². The Morgan fingerprint density at radius 2 is 1.92 bits per heavy atom. The Morgan fingerprint density at radius 3 is 2.52 bits per heavy atom. The molecule has 1 aromatic heterocycles. The second-order valence-electron chi connectivity index (χ2n) is 5.22. The molecule has 25 heavy (non-hydrogen) atoms. The van der Waals surface area contributed by atoms with E-state index >= 15 is 0 Å². The summed E-state index contributed by atoms with van der Waals surface area (Å²) in [7, 11) is 0. The fraction of sp³-hybridized carbons (Fsp3) is 0.312. The molecule has 0 fully saturated rings. The predicted molar refractivity (Wildman–Crippen MR) is 94.5 cm³/mol. The number of aryl methyl sites for hydroxylation is 1. The Kier molecular flexibility index (Phi) is 5.83. The van der Waals surface area contributed by atoms with E-state index in [0.717, 1.165) is 5.56 Å². The highest BCUT2D eigenvalue weighted by Gasteiger charge is 2.26. The van der Waals surface area contributed by atoms with Crippen LogP contribution in [0.3, 0.4) is 0 Å². The second-order valence-corrected chi connectivity index (χ2v) is 5.22. The van der Waals surface area contributed by atoms with Crippen molar-refractivity contribution in [2.24, 2.45) is 0 Å². The van der Waals surface area contributed by atoms with Crippen molar-refractivity contribution in [2.75, 3.05) is 23.4 Å². The number of nitro groups is 1. The van der Waals surface area contributed by atoms with Gasteiger partial charge < -0.3 is 4.90 Å². The van der Waals surface area contributed by atoms with Crippen molar-refractivity contribution in [3.05, 3.63) is 51.8 Å². The molecule has 2 rings (SSSR count). The summed E-state index contributed by atoms with van der Waals surface area (Å²) < 4.78 is 0. The lowest BCUT2D eigenvalue weighted by molar-refractivity contribution is -0.383. The number of hydrogen-bond donors (Lipinski definition) is 2.